The van der Waals surface area contributed by atoms with Gasteiger partial charge in [0.25, 0.3) is 0 Å². The summed E-state index contributed by atoms with van der Waals surface area (Å²) < 4.78 is 18.2. The fourth-order valence-corrected chi connectivity index (χ4v) is 8.03. The molecule has 3 aromatic carbocycles. The summed E-state index contributed by atoms with van der Waals surface area (Å²) in [6.07, 6.45) is 12.4. The fourth-order valence-electron chi connectivity index (χ4n) is 6.79. The Labute approximate surface area is 307 Å². The highest BCUT2D eigenvalue weighted by atomic mass is 32.1. The first-order valence-corrected chi connectivity index (χ1v) is 19.8. The maximum atomic E-state index is 14.3. The van der Waals surface area contributed by atoms with Crippen molar-refractivity contribution < 1.29 is 28.6 Å². The van der Waals surface area contributed by atoms with Crippen molar-refractivity contribution in [2.75, 3.05) is 26.2 Å². The first-order valence-electron chi connectivity index (χ1n) is 19.0. The van der Waals surface area contributed by atoms with Crippen LogP contribution in [0, 0.1) is 5.92 Å². The van der Waals surface area contributed by atoms with Crippen molar-refractivity contribution in [2.45, 2.75) is 97.8 Å². The molecule has 1 unspecified atom stereocenters. The molecular weight excluding hydrogens is 659 g/mol. The third-order valence-electron chi connectivity index (χ3n) is 9.62. The second-order valence-electron chi connectivity index (χ2n) is 13.6. The van der Waals surface area contributed by atoms with Crippen LogP contribution in [0.25, 0.3) is 20.5 Å². The van der Waals surface area contributed by atoms with Gasteiger partial charge in [-0.1, -0.05) is 65.7 Å². The molecule has 1 aliphatic rings. The van der Waals surface area contributed by atoms with Crippen molar-refractivity contribution in [3.8, 4) is 27.7 Å². The van der Waals surface area contributed by atoms with Crippen LogP contribution in [0.3, 0.4) is 0 Å². The second kappa shape index (κ2) is 19.6. The molecule has 8 heteroatoms. The van der Waals surface area contributed by atoms with Gasteiger partial charge in [0.15, 0.2) is 5.78 Å². The van der Waals surface area contributed by atoms with Gasteiger partial charge in [-0.25, -0.2) is 0 Å². The number of benzene rings is 3. The van der Waals surface area contributed by atoms with Gasteiger partial charge >= 0.3 is 11.9 Å². The summed E-state index contributed by atoms with van der Waals surface area (Å²) >= 11 is 1.48. The average molecular weight is 712 g/mol. The van der Waals surface area contributed by atoms with E-state index in [1.54, 1.807) is 25.1 Å². The Kier molecular flexibility index (Phi) is 14.7. The van der Waals surface area contributed by atoms with Crippen molar-refractivity contribution in [3.63, 3.8) is 0 Å². The molecule has 1 aliphatic heterocycles. The summed E-state index contributed by atoms with van der Waals surface area (Å²) in [7, 11) is 0. The van der Waals surface area contributed by atoms with E-state index in [9.17, 15) is 14.4 Å². The van der Waals surface area contributed by atoms with Crippen LogP contribution >= 0.6 is 11.3 Å². The summed E-state index contributed by atoms with van der Waals surface area (Å²) in [5, 5.41) is 0.794. The Morgan fingerprint density at radius 2 is 1.45 bits per heavy atom. The minimum atomic E-state index is -0.306. The van der Waals surface area contributed by atoms with Crippen LogP contribution in [0.1, 0.15) is 114 Å². The Hall–Kier alpha value is -4.01. The van der Waals surface area contributed by atoms with Crippen LogP contribution in [0.4, 0.5) is 0 Å². The molecule has 4 aromatic rings. The summed E-state index contributed by atoms with van der Waals surface area (Å²) in [6, 6.07) is 20.1. The molecule has 51 heavy (non-hydrogen) atoms. The molecule has 7 nitrogen and oxygen atoms in total. The zero-order valence-electron chi connectivity index (χ0n) is 30.5. The van der Waals surface area contributed by atoms with E-state index in [0.717, 1.165) is 71.6 Å². The molecule has 0 bridgehead atoms. The Bertz CT molecular complexity index is 1720. The van der Waals surface area contributed by atoms with Gasteiger partial charge in [0.05, 0.1) is 0 Å². The molecule has 0 aliphatic carbocycles. The number of ether oxygens (including phenoxy) is 3. The number of carbonyl (C=O) groups excluding carboxylic acids is 3. The molecule has 0 saturated carbocycles. The molecule has 0 spiro atoms. The maximum Gasteiger partial charge on any atom is 0.311 e. The van der Waals surface area contributed by atoms with Gasteiger partial charge in [0, 0.05) is 45.5 Å². The zero-order chi connectivity index (χ0) is 36.0. The predicted octanol–water partition coefficient (Wildman–Crippen LogP) is 10.7. The molecule has 1 fully saturated rings. The Balaban J connectivity index is 1.36. The molecular formula is C43H53NO6S. The minimum Gasteiger partial charge on any atom is -0.492 e. The van der Waals surface area contributed by atoms with E-state index in [1.165, 1.54) is 49.9 Å². The smallest absolute Gasteiger partial charge is 0.311 e. The van der Waals surface area contributed by atoms with E-state index >= 15 is 0 Å². The van der Waals surface area contributed by atoms with Gasteiger partial charge in [0.2, 0.25) is 0 Å². The number of hydrogen-bond acceptors (Lipinski definition) is 8. The first-order chi connectivity index (χ1) is 24.9. The fraction of sp³-hybridized carbons (Fsp3) is 0.465. The van der Waals surface area contributed by atoms with Gasteiger partial charge < -0.3 is 14.2 Å². The van der Waals surface area contributed by atoms with Crippen molar-refractivity contribution in [2.24, 2.45) is 5.92 Å². The van der Waals surface area contributed by atoms with Gasteiger partial charge in [-0.15, -0.1) is 11.3 Å². The van der Waals surface area contributed by atoms with Crippen LogP contribution in [0.2, 0.25) is 0 Å². The normalized spacial score (nSPS) is 13.9. The summed E-state index contributed by atoms with van der Waals surface area (Å²) in [5.41, 5.74) is 1.97. The number of fused-ring (bicyclic) bond motifs is 1. The molecule has 1 aromatic heterocycles. The summed E-state index contributed by atoms with van der Waals surface area (Å²) in [5.74, 6) is 1.37. The molecule has 0 radical (unpaired) electrons. The molecule has 5 rings (SSSR count). The van der Waals surface area contributed by atoms with Gasteiger partial charge in [0.1, 0.15) is 23.9 Å². The highest BCUT2D eigenvalue weighted by molar-refractivity contribution is 7.22. The lowest BCUT2D eigenvalue weighted by Gasteiger charge is -2.26. The minimum absolute atomic E-state index is 0.104. The van der Waals surface area contributed by atoms with E-state index in [1.807, 2.05) is 48.5 Å². The number of ketones is 1. The number of hydrogen-bond donors (Lipinski definition) is 0. The lowest BCUT2D eigenvalue weighted by Crippen LogP contribution is -2.33. The zero-order valence-corrected chi connectivity index (χ0v) is 31.4. The molecule has 272 valence electrons. The molecule has 1 atom stereocenters. The number of unbranched alkanes of at least 4 members (excludes halogenated alkanes) is 3. The molecule has 2 heterocycles. The van der Waals surface area contributed by atoms with Crippen molar-refractivity contribution in [1.82, 2.24) is 4.90 Å². The number of esters is 2. The van der Waals surface area contributed by atoms with E-state index in [-0.39, 0.29) is 24.1 Å². The Morgan fingerprint density at radius 1 is 0.745 bits per heavy atom. The van der Waals surface area contributed by atoms with Gasteiger partial charge in [-0.2, -0.15) is 0 Å². The average Bonchev–Trinajstić information content (AvgIpc) is 3.53. The standard InChI is InChI=1S/C43H53NO6S/c1-4-7-8-10-14-31(13-5-2)29-40(46)50-36-23-24-37-38(30-36)51-43(33-17-21-35(22-18-33)49-39(45)6-3)41(37)42(47)32-15-19-34(20-16-32)48-28-27-44-25-11-9-12-26-44/h15-24,30-31H,4-14,25-29H2,1-3H3. The number of thiophene rings is 1. The maximum absolute atomic E-state index is 14.3. The molecule has 1 saturated heterocycles. The summed E-state index contributed by atoms with van der Waals surface area (Å²) in [6.45, 7) is 9.89. The van der Waals surface area contributed by atoms with Crippen LogP contribution in [0.15, 0.2) is 66.7 Å². The highest BCUT2D eigenvalue weighted by Crippen LogP contribution is 2.42. The lowest BCUT2D eigenvalue weighted by atomic mass is 9.93. The number of piperidine rings is 1. The quantitative estimate of drug-likeness (QED) is 0.0414. The monoisotopic (exact) mass is 711 g/mol. The highest BCUT2D eigenvalue weighted by Gasteiger charge is 2.23. The van der Waals surface area contributed by atoms with Crippen LogP contribution in [0.5, 0.6) is 17.2 Å². The van der Waals surface area contributed by atoms with E-state index in [2.05, 4.69) is 18.7 Å². The lowest BCUT2D eigenvalue weighted by molar-refractivity contribution is -0.136. The van der Waals surface area contributed by atoms with Crippen molar-refractivity contribution >= 4 is 39.1 Å². The third-order valence-corrected chi connectivity index (χ3v) is 10.8. The molecule has 0 amide bonds. The largest absolute Gasteiger partial charge is 0.492 e. The third kappa shape index (κ3) is 11.0. The Morgan fingerprint density at radius 3 is 2.16 bits per heavy atom. The van der Waals surface area contributed by atoms with Crippen LogP contribution < -0.4 is 14.2 Å². The van der Waals surface area contributed by atoms with Crippen molar-refractivity contribution in [1.29, 1.82) is 0 Å². The van der Waals surface area contributed by atoms with Crippen LogP contribution in [-0.4, -0.2) is 48.9 Å². The first kappa shape index (κ1) is 38.2. The number of nitrogens with zero attached hydrogens (tertiary/aromatic N) is 1. The van der Waals surface area contributed by atoms with Crippen LogP contribution in [-0.2, 0) is 9.59 Å². The number of rotatable bonds is 19. The predicted molar refractivity (Wildman–Crippen MR) is 206 cm³/mol. The van der Waals surface area contributed by atoms with Gasteiger partial charge in [-0.05, 0) is 111 Å². The number of carbonyl (C=O) groups is 3. The van der Waals surface area contributed by atoms with Gasteiger partial charge in [-0.3, -0.25) is 19.3 Å². The van der Waals surface area contributed by atoms with Crippen molar-refractivity contribution in [3.05, 3.63) is 77.9 Å². The SMILES string of the molecule is CCCCCCC(CCC)CC(=O)Oc1ccc2c(C(=O)c3ccc(OCCN4CCCCC4)cc3)c(-c3ccc(OC(=O)CC)cc3)sc2c1. The number of likely N-dealkylation sites (tertiary alicyclic amines) is 1. The summed E-state index contributed by atoms with van der Waals surface area (Å²) in [4.78, 5) is 42.5. The van der Waals surface area contributed by atoms with E-state index in [4.69, 9.17) is 14.2 Å². The second-order valence-corrected chi connectivity index (χ2v) is 14.7. The topological polar surface area (TPSA) is 82.1 Å². The molecule has 0 N–H and O–H groups in total. The van der Waals surface area contributed by atoms with E-state index in [0.29, 0.717) is 41.6 Å². The van der Waals surface area contributed by atoms with E-state index < -0.39 is 0 Å².